The molecule has 2 atom stereocenters. The van der Waals surface area contributed by atoms with E-state index in [1.807, 2.05) is 6.92 Å². The first-order valence-electron chi connectivity index (χ1n) is 5.32. The monoisotopic (exact) mass is 223 g/mol. The summed E-state index contributed by atoms with van der Waals surface area (Å²) in [6, 6.07) is -0.294. The predicted octanol–water partition coefficient (Wildman–Crippen LogP) is 2.63. The van der Waals surface area contributed by atoms with E-state index in [-0.39, 0.29) is 12.0 Å². The molecular weight excluding hydrogens is 207 g/mol. The Balaban J connectivity index is 2.52. The van der Waals surface area contributed by atoms with Gasteiger partial charge in [-0.25, -0.2) is 0 Å². The van der Waals surface area contributed by atoms with E-state index in [1.54, 1.807) is 0 Å². The number of hydrogen-bond donors (Lipinski definition) is 1. The van der Waals surface area contributed by atoms with Gasteiger partial charge in [0.2, 0.25) is 0 Å². The highest BCUT2D eigenvalue weighted by Crippen LogP contribution is 2.27. The number of carbonyl (C=O) groups excluding carboxylic acids is 1. The molecule has 1 N–H and O–H groups in total. The van der Waals surface area contributed by atoms with E-state index in [4.69, 9.17) is 0 Å². The van der Waals surface area contributed by atoms with Crippen LogP contribution in [0.3, 0.4) is 0 Å². The van der Waals surface area contributed by atoms with Crippen LogP contribution in [0.15, 0.2) is 0 Å². The van der Waals surface area contributed by atoms with Crippen LogP contribution in [0.4, 0.5) is 13.2 Å². The maximum Gasteiger partial charge on any atom is 0.471 e. The molecule has 1 aliphatic rings. The predicted molar refractivity (Wildman–Crippen MR) is 50.2 cm³/mol. The van der Waals surface area contributed by atoms with Crippen LogP contribution in [0, 0.1) is 5.92 Å². The lowest BCUT2D eigenvalue weighted by atomic mass is 9.83. The van der Waals surface area contributed by atoms with Crippen LogP contribution < -0.4 is 5.32 Å². The van der Waals surface area contributed by atoms with Crippen molar-refractivity contribution in [3.8, 4) is 0 Å². The van der Waals surface area contributed by atoms with Gasteiger partial charge in [0.05, 0.1) is 0 Å². The molecule has 0 aliphatic heterocycles. The summed E-state index contributed by atoms with van der Waals surface area (Å²) in [5.74, 6) is -1.60. The normalized spacial score (nSPS) is 27.5. The number of nitrogens with one attached hydrogen (secondary N) is 1. The zero-order valence-corrected chi connectivity index (χ0v) is 8.73. The fourth-order valence-electron chi connectivity index (χ4n) is 2.14. The molecule has 0 spiro atoms. The van der Waals surface area contributed by atoms with Crippen molar-refractivity contribution in [3.05, 3.63) is 0 Å². The van der Waals surface area contributed by atoms with Crippen LogP contribution in [0.2, 0.25) is 0 Å². The fourth-order valence-corrected chi connectivity index (χ4v) is 2.14. The third kappa shape index (κ3) is 3.39. The molecule has 1 saturated carbocycles. The zero-order chi connectivity index (χ0) is 11.5. The lowest BCUT2D eigenvalue weighted by molar-refractivity contribution is -0.175. The van der Waals surface area contributed by atoms with E-state index in [0.29, 0.717) is 6.42 Å². The van der Waals surface area contributed by atoms with Crippen molar-refractivity contribution < 1.29 is 18.0 Å². The third-order valence-electron chi connectivity index (χ3n) is 3.01. The van der Waals surface area contributed by atoms with Crippen molar-refractivity contribution >= 4 is 5.91 Å². The Labute approximate surface area is 87.2 Å². The van der Waals surface area contributed by atoms with Gasteiger partial charge in [0, 0.05) is 6.04 Å². The second kappa shape index (κ2) is 4.86. The van der Waals surface area contributed by atoms with E-state index < -0.39 is 12.1 Å². The van der Waals surface area contributed by atoms with Gasteiger partial charge in [0.15, 0.2) is 0 Å². The van der Waals surface area contributed by atoms with E-state index in [2.05, 4.69) is 5.32 Å². The number of hydrogen-bond acceptors (Lipinski definition) is 1. The minimum atomic E-state index is -4.75. The number of halogens is 3. The molecule has 1 fully saturated rings. The fraction of sp³-hybridized carbons (Fsp3) is 0.900. The summed E-state index contributed by atoms with van der Waals surface area (Å²) in [5.41, 5.74) is 0. The smallest absolute Gasteiger partial charge is 0.345 e. The molecule has 0 aromatic carbocycles. The average Bonchev–Trinajstić information content (AvgIpc) is 2.17. The maximum absolute atomic E-state index is 12.0. The molecule has 0 radical (unpaired) electrons. The zero-order valence-electron chi connectivity index (χ0n) is 8.73. The Bertz CT molecular complexity index is 227. The van der Waals surface area contributed by atoms with Crippen molar-refractivity contribution in [1.82, 2.24) is 5.32 Å². The standard InChI is InChI=1S/C10H16F3NO/c1-2-7-5-3-4-6-8(7)14-9(15)10(11,12)13/h7-8H,2-6H2,1H3,(H,14,15). The van der Waals surface area contributed by atoms with Gasteiger partial charge in [-0.3, -0.25) is 4.79 Å². The molecule has 0 saturated heterocycles. The van der Waals surface area contributed by atoms with Crippen LogP contribution in [-0.2, 0) is 4.79 Å². The molecule has 0 heterocycles. The van der Waals surface area contributed by atoms with E-state index in [1.165, 1.54) is 0 Å². The molecule has 2 unspecified atom stereocenters. The highest BCUT2D eigenvalue weighted by Gasteiger charge is 2.40. The molecule has 0 aromatic rings. The summed E-state index contributed by atoms with van der Waals surface area (Å²) in [6.45, 7) is 1.95. The molecule has 1 amide bonds. The molecule has 88 valence electrons. The van der Waals surface area contributed by atoms with E-state index in [0.717, 1.165) is 25.7 Å². The molecule has 1 aliphatic carbocycles. The lowest BCUT2D eigenvalue weighted by Crippen LogP contribution is -2.47. The molecule has 15 heavy (non-hydrogen) atoms. The summed E-state index contributed by atoms with van der Waals surface area (Å²) < 4.78 is 36.1. The second-order valence-electron chi connectivity index (χ2n) is 4.03. The van der Waals surface area contributed by atoms with Crippen LogP contribution >= 0.6 is 0 Å². The van der Waals surface area contributed by atoms with Crippen LogP contribution in [0.25, 0.3) is 0 Å². The Morgan fingerprint density at radius 1 is 1.33 bits per heavy atom. The molecule has 1 rings (SSSR count). The number of rotatable bonds is 2. The van der Waals surface area contributed by atoms with Crippen molar-refractivity contribution in [3.63, 3.8) is 0 Å². The van der Waals surface area contributed by atoms with Gasteiger partial charge in [0.25, 0.3) is 0 Å². The van der Waals surface area contributed by atoms with Crippen LogP contribution in [0.5, 0.6) is 0 Å². The van der Waals surface area contributed by atoms with Crippen molar-refractivity contribution in [2.24, 2.45) is 5.92 Å². The van der Waals surface area contributed by atoms with Gasteiger partial charge < -0.3 is 5.32 Å². The Morgan fingerprint density at radius 3 is 2.47 bits per heavy atom. The summed E-state index contributed by atoms with van der Waals surface area (Å²) in [4.78, 5) is 10.8. The highest BCUT2D eigenvalue weighted by atomic mass is 19.4. The first kappa shape index (κ1) is 12.3. The molecule has 0 aromatic heterocycles. The Hall–Kier alpha value is -0.740. The number of amides is 1. The van der Waals surface area contributed by atoms with Crippen molar-refractivity contribution in [2.75, 3.05) is 0 Å². The van der Waals surface area contributed by atoms with Crippen LogP contribution in [-0.4, -0.2) is 18.1 Å². The Morgan fingerprint density at radius 2 is 1.93 bits per heavy atom. The minimum Gasteiger partial charge on any atom is -0.345 e. The topological polar surface area (TPSA) is 29.1 Å². The summed E-state index contributed by atoms with van der Waals surface area (Å²) in [6.07, 6.45) is -0.394. The van der Waals surface area contributed by atoms with Gasteiger partial charge in [0.1, 0.15) is 0 Å². The van der Waals surface area contributed by atoms with Gasteiger partial charge in [-0.1, -0.05) is 26.2 Å². The molecular formula is C10H16F3NO. The first-order valence-corrected chi connectivity index (χ1v) is 5.32. The summed E-state index contributed by atoms with van der Waals surface area (Å²) >= 11 is 0. The van der Waals surface area contributed by atoms with E-state index >= 15 is 0 Å². The molecule has 0 bridgehead atoms. The van der Waals surface area contributed by atoms with Gasteiger partial charge >= 0.3 is 12.1 Å². The SMILES string of the molecule is CCC1CCCCC1NC(=O)C(F)(F)F. The minimum absolute atomic E-state index is 0.199. The summed E-state index contributed by atoms with van der Waals surface area (Å²) in [7, 11) is 0. The van der Waals surface area contributed by atoms with E-state index in [9.17, 15) is 18.0 Å². The molecule has 5 heteroatoms. The first-order chi connectivity index (χ1) is 6.95. The van der Waals surface area contributed by atoms with Crippen molar-refractivity contribution in [1.29, 1.82) is 0 Å². The number of alkyl halides is 3. The number of carbonyl (C=O) groups is 1. The molecule has 2 nitrogen and oxygen atoms in total. The maximum atomic E-state index is 12.0. The Kier molecular flexibility index (Phi) is 3.99. The highest BCUT2D eigenvalue weighted by molar-refractivity contribution is 5.81. The second-order valence-corrected chi connectivity index (χ2v) is 4.03. The van der Waals surface area contributed by atoms with Gasteiger partial charge in [-0.05, 0) is 18.8 Å². The third-order valence-corrected chi connectivity index (χ3v) is 3.01. The quantitative estimate of drug-likeness (QED) is 0.766. The van der Waals surface area contributed by atoms with Crippen molar-refractivity contribution in [2.45, 2.75) is 51.2 Å². The summed E-state index contributed by atoms with van der Waals surface area (Å²) in [5, 5.41) is 2.10. The van der Waals surface area contributed by atoms with Gasteiger partial charge in [-0.2, -0.15) is 13.2 Å². The van der Waals surface area contributed by atoms with Crippen LogP contribution in [0.1, 0.15) is 39.0 Å². The largest absolute Gasteiger partial charge is 0.471 e. The van der Waals surface area contributed by atoms with Gasteiger partial charge in [-0.15, -0.1) is 0 Å². The average molecular weight is 223 g/mol. The lowest BCUT2D eigenvalue weighted by Gasteiger charge is -2.31.